The maximum atomic E-state index is 5.88. The Balaban J connectivity index is 2.05. The highest BCUT2D eigenvalue weighted by Gasteiger charge is 2.32. The minimum atomic E-state index is 0.746. The van der Waals surface area contributed by atoms with Crippen LogP contribution in [0, 0.1) is 0 Å². The van der Waals surface area contributed by atoms with Crippen molar-refractivity contribution in [2.45, 2.75) is 102 Å². The first-order valence-electron chi connectivity index (χ1n) is 8.84. The molecule has 112 valence electrons. The first kappa shape index (κ1) is 15.3. The van der Waals surface area contributed by atoms with Crippen molar-refractivity contribution in [3.63, 3.8) is 0 Å². The third-order valence-electron chi connectivity index (χ3n) is 5.39. The molecule has 2 aliphatic carbocycles. The molecule has 2 saturated carbocycles. The van der Waals surface area contributed by atoms with Gasteiger partial charge in [-0.05, 0) is 45.1 Å². The van der Waals surface area contributed by atoms with E-state index < -0.39 is 0 Å². The molecule has 0 saturated heterocycles. The van der Waals surface area contributed by atoms with Crippen molar-refractivity contribution >= 4 is 0 Å². The van der Waals surface area contributed by atoms with E-state index >= 15 is 0 Å². The lowest BCUT2D eigenvalue weighted by Crippen LogP contribution is -2.51. The lowest BCUT2D eigenvalue weighted by Gasteiger charge is -2.46. The normalized spacial score (nSPS) is 24.8. The van der Waals surface area contributed by atoms with E-state index in [1.54, 1.807) is 0 Å². The van der Waals surface area contributed by atoms with Gasteiger partial charge in [0.25, 0.3) is 0 Å². The summed E-state index contributed by atoms with van der Waals surface area (Å²) in [4.78, 5) is 2.95. The highest BCUT2D eigenvalue weighted by Crippen LogP contribution is 2.33. The predicted octanol–water partition coefficient (Wildman–Crippen LogP) is 4.08. The number of nitrogens with two attached hydrogens (primary N) is 1. The highest BCUT2D eigenvalue weighted by molar-refractivity contribution is 4.88. The molecule has 2 aliphatic rings. The number of hydrogen-bond acceptors (Lipinski definition) is 2. The first-order valence-corrected chi connectivity index (χ1v) is 8.84. The Bertz CT molecular complexity index is 205. The number of nitrogens with zero attached hydrogens (tertiary/aromatic N) is 1. The van der Waals surface area contributed by atoms with Gasteiger partial charge in [0, 0.05) is 18.1 Å². The zero-order valence-electron chi connectivity index (χ0n) is 12.9. The minimum absolute atomic E-state index is 0.746. The average molecular weight is 266 g/mol. The Morgan fingerprint density at radius 1 is 0.895 bits per heavy atom. The topological polar surface area (TPSA) is 29.3 Å². The van der Waals surface area contributed by atoms with Gasteiger partial charge in [0.1, 0.15) is 0 Å². The van der Waals surface area contributed by atoms with Crippen LogP contribution in [0.1, 0.15) is 84.0 Å². The molecule has 2 fully saturated rings. The van der Waals surface area contributed by atoms with Crippen LogP contribution in [-0.4, -0.2) is 29.6 Å². The molecule has 2 heteroatoms. The van der Waals surface area contributed by atoms with Crippen LogP contribution in [0.2, 0.25) is 0 Å². The van der Waals surface area contributed by atoms with Crippen molar-refractivity contribution < 1.29 is 0 Å². The highest BCUT2D eigenvalue weighted by atomic mass is 15.2. The molecule has 2 N–H and O–H groups in total. The second-order valence-electron chi connectivity index (χ2n) is 6.67. The van der Waals surface area contributed by atoms with Crippen molar-refractivity contribution in [2.75, 3.05) is 6.54 Å². The Kier molecular flexibility index (Phi) is 6.66. The van der Waals surface area contributed by atoms with Gasteiger partial charge in [0.2, 0.25) is 0 Å². The van der Waals surface area contributed by atoms with Crippen LogP contribution in [-0.2, 0) is 0 Å². The number of hydrogen-bond donors (Lipinski definition) is 1. The largest absolute Gasteiger partial charge is 0.330 e. The van der Waals surface area contributed by atoms with E-state index in [0.29, 0.717) is 0 Å². The summed E-state index contributed by atoms with van der Waals surface area (Å²) in [6, 6.07) is 2.48. The van der Waals surface area contributed by atoms with Crippen molar-refractivity contribution in [1.82, 2.24) is 4.90 Å². The van der Waals surface area contributed by atoms with Gasteiger partial charge in [0.05, 0.1) is 0 Å². The molecule has 0 aromatic rings. The van der Waals surface area contributed by atoms with Gasteiger partial charge in [0.15, 0.2) is 0 Å². The summed E-state index contributed by atoms with van der Waals surface area (Å²) in [5.74, 6) is 0. The molecule has 0 amide bonds. The summed E-state index contributed by atoms with van der Waals surface area (Å²) in [5.41, 5.74) is 5.88. The molecule has 0 radical (unpaired) electrons. The van der Waals surface area contributed by atoms with E-state index in [0.717, 1.165) is 24.7 Å². The van der Waals surface area contributed by atoms with Gasteiger partial charge in [-0.25, -0.2) is 0 Å². The van der Waals surface area contributed by atoms with Crippen LogP contribution in [0.15, 0.2) is 0 Å². The lowest BCUT2D eigenvalue weighted by molar-refractivity contribution is 0.0330. The Morgan fingerprint density at radius 3 is 1.74 bits per heavy atom. The van der Waals surface area contributed by atoms with E-state index in [2.05, 4.69) is 11.8 Å². The second-order valence-corrected chi connectivity index (χ2v) is 6.67. The van der Waals surface area contributed by atoms with Crippen LogP contribution >= 0.6 is 0 Å². The van der Waals surface area contributed by atoms with E-state index in [9.17, 15) is 0 Å². The van der Waals surface area contributed by atoms with E-state index in [1.807, 2.05) is 0 Å². The van der Waals surface area contributed by atoms with Crippen molar-refractivity contribution in [1.29, 1.82) is 0 Å². The Hall–Kier alpha value is -0.0800. The zero-order chi connectivity index (χ0) is 13.5. The maximum absolute atomic E-state index is 5.88. The van der Waals surface area contributed by atoms with Crippen molar-refractivity contribution in [3.8, 4) is 0 Å². The predicted molar refractivity (Wildman–Crippen MR) is 83.3 cm³/mol. The van der Waals surface area contributed by atoms with Crippen LogP contribution in [0.5, 0.6) is 0 Å². The fraction of sp³-hybridized carbons (Fsp3) is 1.00. The lowest BCUT2D eigenvalue weighted by atomic mass is 9.86. The quantitative estimate of drug-likeness (QED) is 0.785. The molecule has 0 aromatic heterocycles. The molecule has 0 spiro atoms. The van der Waals surface area contributed by atoms with Crippen LogP contribution in [0.3, 0.4) is 0 Å². The SMILES string of the molecule is CCC(CCN)N(C1CCCCC1)C1CCCCC1. The first-order chi connectivity index (χ1) is 9.36. The van der Waals surface area contributed by atoms with E-state index in [4.69, 9.17) is 5.73 Å². The Labute approximate surface area is 120 Å². The van der Waals surface area contributed by atoms with Crippen LogP contribution in [0.4, 0.5) is 0 Å². The smallest absolute Gasteiger partial charge is 0.0110 e. The summed E-state index contributed by atoms with van der Waals surface area (Å²) in [5, 5.41) is 0. The summed E-state index contributed by atoms with van der Waals surface area (Å²) >= 11 is 0. The summed E-state index contributed by atoms with van der Waals surface area (Å²) in [6.07, 6.45) is 17.0. The molecule has 2 rings (SSSR count). The van der Waals surface area contributed by atoms with Gasteiger partial charge in [-0.2, -0.15) is 0 Å². The number of rotatable bonds is 6. The fourth-order valence-corrected chi connectivity index (χ4v) is 4.41. The molecule has 19 heavy (non-hydrogen) atoms. The molecule has 0 aliphatic heterocycles. The molecule has 0 bridgehead atoms. The van der Waals surface area contributed by atoms with Gasteiger partial charge in [-0.3, -0.25) is 4.90 Å². The van der Waals surface area contributed by atoms with Gasteiger partial charge in [-0.15, -0.1) is 0 Å². The summed E-state index contributed by atoms with van der Waals surface area (Å²) in [6.45, 7) is 3.22. The van der Waals surface area contributed by atoms with E-state index in [1.165, 1.54) is 77.0 Å². The molecular formula is C17H34N2. The molecule has 1 unspecified atom stereocenters. The molecular weight excluding hydrogens is 232 g/mol. The van der Waals surface area contributed by atoms with Gasteiger partial charge >= 0.3 is 0 Å². The third-order valence-corrected chi connectivity index (χ3v) is 5.39. The average Bonchev–Trinajstić information content (AvgIpc) is 2.49. The van der Waals surface area contributed by atoms with E-state index in [-0.39, 0.29) is 0 Å². The minimum Gasteiger partial charge on any atom is -0.330 e. The van der Waals surface area contributed by atoms with Crippen molar-refractivity contribution in [3.05, 3.63) is 0 Å². The second kappa shape index (κ2) is 8.26. The van der Waals surface area contributed by atoms with Crippen LogP contribution in [0.25, 0.3) is 0 Å². The maximum Gasteiger partial charge on any atom is 0.0110 e. The zero-order valence-corrected chi connectivity index (χ0v) is 12.9. The van der Waals surface area contributed by atoms with Crippen LogP contribution < -0.4 is 5.73 Å². The van der Waals surface area contributed by atoms with Gasteiger partial charge in [-0.1, -0.05) is 45.4 Å². The van der Waals surface area contributed by atoms with Crippen molar-refractivity contribution in [2.24, 2.45) is 5.73 Å². The fourth-order valence-electron chi connectivity index (χ4n) is 4.41. The molecule has 0 aromatic carbocycles. The van der Waals surface area contributed by atoms with Gasteiger partial charge < -0.3 is 5.73 Å². The summed E-state index contributed by atoms with van der Waals surface area (Å²) < 4.78 is 0. The molecule has 2 nitrogen and oxygen atoms in total. The molecule has 1 atom stereocenters. The summed E-state index contributed by atoms with van der Waals surface area (Å²) in [7, 11) is 0. The molecule has 0 heterocycles. The standard InChI is InChI=1S/C17H34N2/c1-2-15(13-14-18)19(16-9-5-3-6-10-16)17-11-7-4-8-12-17/h15-17H,2-14,18H2,1H3. The third kappa shape index (κ3) is 4.19. The monoisotopic (exact) mass is 266 g/mol. The Morgan fingerprint density at radius 2 is 1.37 bits per heavy atom.